The molecule has 128 valence electrons. The van der Waals surface area contributed by atoms with Crippen LogP contribution in [0.4, 0.5) is 0 Å². The molecule has 23 heavy (non-hydrogen) atoms. The van der Waals surface area contributed by atoms with Gasteiger partial charge in [-0.25, -0.2) is 0 Å². The number of amides is 1. The summed E-state index contributed by atoms with van der Waals surface area (Å²) in [6.45, 7) is 6.29. The van der Waals surface area contributed by atoms with Crippen LogP contribution in [0.1, 0.15) is 50.2 Å². The van der Waals surface area contributed by atoms with Crippen LogP contribution in [-0.2, 0) is 14.3 Å². The lowest BCUT2D eigenvalue weighted by molar-refractivity contribution is -0.145. The predicted octanol–water partition coefficient (Wildman–Crippen LogP) is 1.67. The molecule has 3 rings (SSSR count). The van der Waals surface area contributed by atoms with Gasteiger partial charge in [-0.2, -0.15) is 4.98 Å². The average molecular weight is 323 g/mol. The van der Waals surface area contributed by atoms with E-state index in [0.717, 1.165) is 38.8 Å². The zero-order chi connectivity index (χ0) is 16.2. The molecule has 3 heterocycles. The van der Waals surface area contributed by atoms with Gasteiger partial charge < -0.3 is 18.9 Å². The van der Waals surface area contributed by atoms with Crippen molar-refractivity contribution in [2.24, 2.45) is 0 Å². The molecule has 1 aromatic heterocycles. The van der Waals surface area contributed by atoms with Crippen molar-refractivity contribution in [3.05, 3.63) is 11.7 Å². The minimum Gasteiger partial charge on any atom is -0.376 e. The molecule has 2 aliphatic heterocycles. The fourth-order valence-electron chi connectivity index (χ4n) is 3.22. The number of aromatic nitrogens is 2. The van der Waals surface area contributed by atoms with Crippen molar-refractivity contribution in [3.63, 3.8) is 0 Å². The molecular formula is C16H25N3O4. The summed E-state index contributed by atoms with van der Waals surface area (Å²) in [6.07, 6.45) is 3.72. The third-order valence-electron chi connectivity index (χ3n) is 4.55. The first-order valence-corrected chi connectivity index (χ1v) is 8.45. The van der Waals surface area contributed by atoms with E-state index in [4.69, 9.17) is 14.0 Å². The van der Waals surface area contributed by atoms with Crippen LogP contribution in [0.2, 0.25) is 0 Å². The van der Waals surface area contributed by atoms with Gasteiger partial charge in [-0.1, -0.05) is 5.16 Å². The molecule has 0 bridgehead atoms. The molecule has 0 spiro atoms. The molecule has 2 fully saturated rings. The fourth-order valence-corrected chi connectivity index (χ4v) is 3.22. The van der Waals surface area contributed by atoms with Crippen LogP contribution in [-0.4, -0.2) is 59.5 Å². The van der Waals surface area contributed by atoms with Crippen molar-refractivity contribution >= 4 is 5.91 Å². The maximum atomic E-state index is 12.6. The second-order valence-corrected chi connectivity index (χ2v) is 6.41. The predicted molar refractivity (Wildman–Crippen MR) is 82.0 cm³/mol. The summed E-state index contributed by atoms with van der Waals surface area (Å²) in [6, 6.07) is 0. The van der Waals surface area contributed by atoms with Gasteiger partial charge in [0.1, 0.15) is 6.10 Å². The van der Waals surface area contributed by atoms with E-state index in [1.54, 1.807) is 6.92 Å². The monoisotopic (exact) mass is 323 g/mol. The molecule has 0 N–H and O–H groups in total. The molecule has 2 saturated heterocycles. The highest BCUT2D eigenvalue weighted by atomic mass is 16.5. The molecule has 0 aliphatic carbocycles. The van der Waals surface area contributed by atoms with Crippen LogP contribution in [0, 0.1) is 6.92 Å². The summed E-state index contributed by atoms with van der Waals surface area (Å²) in [5.74, 6) is 1.45. The molecule has 1 aromatic rings. The number of piperidine rings is 1. The highest BCUT2D eigenvalue weighted by Gasteiger charge is 2.30. The molecule has 2 aliphatic rings. The average Bonchev–Trinajstić information content (AvgIpc) is 3.23. The third-order valence-corrected chi connectivity index (χ3v) is 4.55. The van der Waals surface area contributed by atoms with E-state index in [1.807, 2.05) is 11.8 Å². The maximum absolute atomic E-state index is 12.6. The number of hydrogen-bond acceptors (Lipinski definition) is 6. The maximum Gasteiger partial charge on any atom is 0.251 e. The summed E-state index contributed by atoms with van der Waals surface area (Å²) < 4.78 is 16.3. The lowest BCUT2D eigenvalue weighted by atomic mass is 9.97. The minimum atomic E-state index is -0.440. The standard InChI is InChI=1S/C16H25N3O4/c1-11(22-10-14-6-4-8-21-14)16(20)19-7-3-5-13(9-19)15-17-12(2)23-18-15/h11,13-14H,3-10H2,1-2H3/t11-,13+,14+/m0/s1. The van der Waals surface area contributed by atoms with Crippen molar-refractivity contribution in [1.29, 1.82) is 0 Å². The Bertz CT molecular complexity index is 527. The van der Waals surface area contributed by atoms with Gasteiger partial charge in [-0.05, 0) is 32.6 Å². The van der Waals surface area contributed by atoms with Crippen LogP contribution in [0.5, 0.6) is 0 Å². The highest BCUT2D eigenvalue weighted by Crippen LogP contribution is 2.25. The van der Waals surface area contributed by atoms with Gasteiger partial charge in [0.05, 0.1) is 12.7 Å². The van der Waals surface area contributed by atoms with E-state index < -0.39 is 6.10 Å². The molecule has 3 atom stereocenters. The van der Waals surface area contributed by atoms with Crippen molar-refractivity contribution in [3.8, 4) is 0 Å². The zero-order valence-electron chi connectivity index (χ0n) is 13.9. The first kappa shape index (κ1) is 16.4. The lowest BCUT2D eigenvalue weighted by Crippen LogP contribution is -2.45. The Morgan fingerprint density at radius 3 is 3.00 bits per heavy atom. The number of carbonyl (C=O) groups is 1. The number of nitrogens with zero attached hydrogens (tertiary/aromatic N) is 3. The van der Waals surface area contributed by atoms with Crippen LogP contribution in [0.15, 0.2) is 4.52 Å². The van der Waals surface area contributed by atoms with Gasteiger partial charge >= 0.3 is 0 Å². The van der Waals surface area contributed by atoms with E-state index >= 15 is 0 Å². The Labute approximate surface area is 136 Å². The van der Waals surface area contributed by atoms with Gasteiger partial charge in [0, 0.05) is 32.5 Å². The van der Waals surface area contributed by atoms with E-state index in [0.29, 0.717) is 24.9 Å². The van der Waals surface area contributed by atoms with E-state index in [9.17, 15) is 4.79 Å². The van der Waals surface area contributed by atoms with Crippen molar-refractivity contribution in [2.75, 3.05) is 26.3 Å². The largest absolute Gasteiger partial charge is 0.376 e. The first-order valence-electron chi connectivity index (χ1n) is 8.45. The molecular weight excluding hydrogens is 298 g/mol. The summed E-state index contributed by atoms with van der Waals surface area (Å²) in [7, 11) is 0. The van der Waals surface area contributed by atoms with Gasteiger partial charge in [0.25, 0.3) is 5.91 Å². The van der Waals surface area contributed by atoms with E-state index in [-0.39, 0.29) is 17.9 Å². The molecule has 0 saturated carbocycles. The first-order chi connectivity index (χ1) is 11.1. The Kier molecular flexibility index (Phi) is 5.27. The summed E-state index contributed by atoms with van der Waals surface area (Å²) in [5, 5.41) is 3.99. The Balaban J connectivity index is 1.51. The smallest absolute Gasteiger partial charge is 0.251 e. The SMILES string of the molecule is Cc1nc([C@@H]2CCCN(C(=O)[C@H](C)OC[C@H]3CCCO3)C2)no1. The lowest BCUT2D eigenvalue weighted by Gasteiger charge is -2.33. The number of carbonyl (C=O) groups excluding carboxylic acids is 1. The normalized spacial score (nSPS) is 26.4. The van der Waals surface area contributed by atoms with Gasteiger partial charge in [-0.3, -0.25) is 4.79 Å². The topological polar surface area (TPSA) is 77.7 Å². The van der Waals surface area contributed by atoms with Crippen LogP contribution in [0.25, 0.3) is 0 Å². The number of aryl methyl sites for hydroxylation is 1. The second-order valence-electron chi connectivity index (χ2n) is 6.41. The zero-order valence-corrected chi connectivity index (χ0v) is 13.9. The van der Waals surface area contributed by atoms with Crippen LogP contribution >= 0.6 is 0 Å². The Morgan fingerprint density at radius 1 is 1.43 bits per heavy atom. The third kappa shape index (κ3) is 4.09. The highest BCUT2D eigenvalue weighted by molar-refractivity contribution is 5.80. The van der Waals surface area contributed by atoms with Gasteiger partial charge in [0.15, 0.2) is 5.82 Å². The van der Waals surface area contributed by atoms with Crippen LogP contribution < -0.4 is 0 Å². The van der Waals surface area contributed by atoms with Gasteiger partial charge in [0.2, 0.25) is 5.89 Å². The second kappa shape index (κ2) is 7.40. The van der Waals surface area contributed by atoms with Crippen molar-refractivity contribution in [1.82, 2.24) is 15.0 Å². The minimum absolute atomic E-state index is 0.0351. The Morgan fingerprint density at radius 2 is 2.30 bits per heavy atom. The molecule has 7 heteroatoms. The summed E-state index contributed by atoms with van der Waals surface area (Å²) >= 11 is 0. The van der Waals surface area contributed by atoms with Crippen LogP contribution in [0.3, 0.4) is 0 Å². The fraction of sp³-hybridized carbons (Fsp3) is 0.812. The molecule has 0 aromatic carbocycles. The summed E-state index contributed by atoms with van der Waals surface area (Å²) in [4.78, 5) is 18.7. The van der Waals surface area contributed by atoms with Crippen molar-refractivity contribution in [2.45, 2.75) is 57.7 Å². The van der Waals surface area contributed by atoms with Gasteiger partial charge in [-0.15, -0.1) is 0 Å². The van der Waals surface area contributed by atoms with E-state index in [2.05, 4.69) is 10.1 Å². The molecule has 0 radical (unpaired) electrons. The number of rotatable bonds is 5. The summed E-state index contributed by atoms with van der Waals surface area (Å²) in [5.41, 5.74) is 0. The van der Waals surface area contributed by atoms with E-state index in [1.165, 1.54) is 0 Å². The number of hydrogen-bond donors (Lipinski definition) is 0. The number of likely N-dealkylation sites (tertiary alicyclic amines) is 1. The molecule has 1 amide bonds. The number of ether oxygens (including phenoxy) is 2. The quantitative estimate of drug-likeness (QED) is 0.820. The Hall–Kier alpha value is -1.47. The molecule has 0 unspecified atom stereocenters. The molecule has 7 nitrogen and oxygen atoms in total. The van der Waals surface area contributed by atoms with Crippen molar-refractivity contribution < 1.29 is 18.8 Å².